The van der Waals surface area contributed by atoms with E-state index in [-0.39, 0.29) is 17.2 Å². The molecule has 0 atom stereocenters. The molecule has 0 saturated carbocycles. The maximum atomic E-state index is 12.9. The molecule has 0 saturated heterocycles. The SMILES string of the molecule is O=C(Cc1ccc(F)c(Cl)c1)c1cnns1. The van der Waals surface area contributed by atoms with Crippen molar-refractivity contribution < 1.29 is 9.18 Å². The molecule has 0 bridgehead atoms. The summed E-state index contributed by atoms with van der Waals surface area (Å²) in [5, 5.41) is 3.60. The van der Waals surface area contributed by atoms with Crippen LogP contribution in [-0.2, 0) is 6.42 Å². The van der Waals surface area contributed by atoms with Crippen LogP contribution < -0.4 is 0 Å². The molecule has 0 fully saturated rings. The van der Waals surface area contributed by atoms with Crippen LogP contribution in [0.2, 0.25) is 5.02 Å². The summed E-state index contributed by atoms with van der Waals surface area (Å²) in [6, 6.07) is 4.23. The Kier molecular flexibility index (Phi) is 3.26. The largest absolute Gasteiger partial charge is 0.293 e. The summed E-state index contributed by atoms with van der Waals surface area (Å²) >= 11 is 6.65. The molecule has 1 heterocycles. The Morgan fingerprint density at radius 2 is 2.31 bits per heavy atom. The van der Waals surface area contributed by atoms with Gasteiger partial charge in [-0.15, -0.1) is 5.10 Å². The van der Waals surface area contributed by atoms with Crippen LogP contribution in [0, 0.1) is 5.82 Å². The highest BCUT2D eigenvalue weighted by Gasteiger charge is 2.10. The fourth-order valence-corrected chi connectivity index (χ4v) is 1.87. The summed E-state index contributed by atoms with van der Waals surface area (Å²) in [7, 11) is 0. The summed E-state index contributed by atoms with van der Waals surface area (Å²) in [4.78, 5) is 12.2. The van der Waals surface area contributed by atoms with Crippen LogP contribution in [0.15, 0.2) is 24.4 Å². The maximum Gasteiger partial charge on any atom is 0.180 e. The number of carbonyl (C=O) groups is 1. The normalized spacial score (nSPS) is 10.4. The highest BCUT2D eigenvalue weighted by molar-refractivity contribution is 7.07. The minimum atomic E-state index is -0.489. The quantitative estimate of drug-likeness (QED) is 0.793. The van der Waals surface area contributed by atoms with Gasteiger partial charge in [-0.25, -0.2) is 4.39 Å². The van der Waals surface area contributed by atoms with Gasteiger partial charge in [-0.2, -0.15) is 0 Å². The number of benzene rings is 1. The first-order valence-corrected chi connectivity index (χ1v) is 5.56. The van der Waals surface area contributed by atoms with Crippen molar-refractivity contribution in [3.8, 4) is 0 Å². The molecule has 0 aliphatic rings. The molecule has 6 heteroatoms. The fraction of sp³-hybridized carbons (Fsp3) is 0.100. The molecular formula is C10H6ClFN2OS. The lowest BCUT2D eigenvalue weighted by Gasteiger charge is -2.00. The van der Waals surface area contributed by atoms with E-state index >= 15 is 0 Å². The molecule has 0 aliphatic heterocycles. The average Bonchev–Trinajstić information content (AvgIpc) is 2.77. The number of rotatable bonds is 3. The first-order valence-electron chi connectivity index (χ1n) is 4.41. The van der Waals surface area contributed by atoms with Crippen LogP contribution in [0.3, 0.4) is 0 Å². The van der Waals surface area contributed by atoms with Gasteiger partial charge in [0, 0.05) is 6.42 Å². The van der Waals surface area contributed by atoms with Gasteiger partial charge in [0.15, 0.2) is 5.78 Å². The van der Waals surface area contributed by atoms with Crippen molar-refractivity contribution in [2.75, 3.05) is 0 Å². The first kappa shape index (κ1) is 11.2. The Bertz CT molecular complexity index is 516. The van der Waals surface area contributed by atoms with Crippen molar-refractivity contribution in [3.63, 3.8) is 0 Å². The third kappa shape index (κ3) is 2.43. The number of aromatic nitrogens is 2. The van der Waals surface area contributed by atoms with E-state index in [0.29, 0.717) is 10.4 Å². The zero-order valence-corrected chi connectivity index (χ0v) is 9.56. The van der Waals surface area contributed by atoms with Gasteiger partial charge < -0.3 is 0 Å². The Hall–Kier alpha value is -1.33. The minimum Gasteiger partial charge on any atom is -0.293 e. The topological polar surface area (TPSA) is 42.9 Å². The standard InChI is InChI=1S/C10H6ClFN2OS/c11-7-3-6(1-2-8(7)12)4-9(15)10-5-13-14-16-10/h1-3,5H,4H2. The Morgan fingerprint density at radius 3 is 2.94 bits per heavy atom. The number of nitrogens with zero attached hydrogens (tertiary/aromatic N) is 2. The molecule has 3 nitrogen and oxygen atoms in total. The summed E-state index contributed by atoms with van der Waals surface area (Å²) in [5.74, 6) is -0.588. The van der Waals surface area contributed by atoms with Gasteiger partial charge in [0.2, 0.25) is 0 Å². The van der Waals surface area contributed by atoms with Crippen molar-refractivity contribution in [1.82, 2.24) is 9.59 Å². The van der Waals surface area contributed by atoms with Gasteiger partial charge in [-0.05, 0) is 29.2 Å². The van der Waals surface area contributed by atoms with Crippen molar-refractivity contribution in [3.05, 3.63) is 45.7 Å². The van der Waals surface area contributed by atoms with E-state index in [1.807, 2.05) is 0 Å². The average molecular weight is 257 g/mol. The molecule has 0 unspecified atom stereocenters. The monoisotopic (exact) mass is 256 g/mol. The van der Waals surface area contributed by atoms with Gasteiger partial charge >= 0.3 is 0 Å². The van der Waals surface area contributed by atoms with Gasteiger partial charge in [-0.1, -0.05) is 22.2 Å². The lowest BCUT2D eigenvalue weighted by atomic mass is 10.1. The van der Waals surface area contributed by atoms with E-state index in [1.54, 1.807) is 0 Å². The summed E-state index contributed by atoms with van der Waals surface area (Å²) in [6.45, 7) is 0. The molecule has 16 heavy (non-hydrogen) atoms. The molecule has 1 aromatic carbocycles. The van der Waals surface area contributed by atoms with E-state index in [9.17, 15) is 9.18 Å². The van der Waals surface area contributed by atoms with Gasteiger partial charge in [0.05, 0.1) is 11.2 Å². The lowest BCUT2D eigenvalue weighted by Crippen LogP contribution is -2.01. The summed E-state index contributed by atoms with van der Waals surface area (Å²) in [6.07, 6.45) is 1.59. The van der Waals surface area contributed by atoms with E-state index < -0.39 is 5.82 Å². The highest BCUT2D eigenvalue weighted by atomic mass is 35.5. The zero-order chi connectivity index (χ0) is 11.5. The van der Waals surface area contributed by atoms with Crippen molar-refractivity contribution in [1.29, 1.82) is 0 Å². The third-order valence-corrected chi connectivity index (χ3v) is 2.98. The van der Waals surface area contributed by atoms with Crippen LogP contribution in [0.4, 0.5) is 4.39 Å². The number of Topliss-reactive ketones (excluding diaryl/α,β-unsaturated/α-hetero) is 1. The van der Waals surface area contributed by atoms with Crippen molar-refractivity contribution >= 4 is 28.9 Å². The van der Waals surface area contributed by atoms with Crippen LogP contribution >= 0.6 is 23.1 Å². The van der Waals surface area contributed by atoms with Crippen LogP contribution in [0.1, 0.15) is 15.2 Å². The second kappa shape index (κ2) is 4.67. The molecule has 0 N–H and O–H groups in total. The van der Waals surface area contributed by atoms with E-state index in [2.05, 4.69) is 9.59 Å². The second-order valence-corrected chi connectivity index (χ2v) is 4.32. The zero-order valence-electron chi connectivity index (χ0n) is 7.98. The Labute approximate surface area is 100 Å². The predicted molar refractivity (Wildman–Crippen MR) is 59.4 cm³/mol. The summed E-state index contributed by atoms with van der Waals surface area (Å²) < 4.78 is 16.5. The van der Waals surface area contributed by atoms with E-state index in [1.165, 1.54) is 24.4 Å². The van der Waals surface area contributed by atoms with Crippen LogP contribution in [0.5, 0.6) is 0 Å². The van der Waals surface area contributed by atoms with Crippen molar-refractivity contribution in [2.45, 2.75) is 6.42 Å². The molecule has 2 rings (SSSR count). The number of ketones is 1. The summed E-state index contributed by atoms with van der Waals surface area (Å²) in [5.41, 5.74) is 0.671. The Morgan fingerprint density at radius 1 is 1.50 bits per heavy atom. The first-order chi connectivity index (χ1) is 7.66. The maximum absolute atomic E-state index is 12.9. The molecule has 82 valence electrons. The molecule has 0 radical (unpaired) electrons. The molecule has 1 aromatic heterocycles. The smallest absolute Gasteiger partial charge is 0.180 e. The van der Waals surface area contributed by atoms with Gasteiger partial charge in [-0.3, -0.25) is 4.79 Å². The second-order valence-electron chi connectivity index (χ2n) is 3.13. The van der Waals surface area contributed by atoms with Crippen LogP contribution in [0.25, 0.3) is 0 Å². The number of hydrogen-bond donors (Lipinski definition) is 0. The fourth-order valence-electron chi connectivity index (χ4n) is 1.21. The molecule has 0 spiro atoms. The third-order valence-electron chi connectivity index (χ3n) is 1.98. The number of hydrogen-bond acceptors (Lipinski definition) is 4. The molecule has 0 aliphatic carbocycles. The molecule has 2 aromatic rings. The number of halogens is 2. The van der Waals surface area contributed by atoms with Crippen LogP contribution in [-0.4, -0.2) is 15.4 Å². The Balaban J connectivity index is 2.15. The van der Waals surface area contributed by atoms with E-state index in [4.69, 9.17) is 11.6 Å². The van der Waals surface area contributed by atoms with Crippen molar-refractivity contribution in [2.24, 2.45) is 0 Å². The van der Waals surface area contributed by atoms with Gasteiger partial charge in [0.25, 0.3) is 0 Å². The minimum absolute atomic E-state index is 0.0210. The lowest BCUT2D eigenvalue weighted by molar-refractivity contribution is 0.0996. The predicted octanol–water partition coefficient (Wildman–Crippen LogP) is 2.76. The van der Waals surface area contributed by atoms with E-state index in [0.717, 1.165) is 11.5 Å². The molecular weight excluding hydrogens is 251 g/mol. The number of carbonyl (C=O) groups excluding carboxylic acids is 1. The van der Waals surface area contributed by atoms with Gasteiger partial charge in [0.1, 0.15) is 10.7 Å². The highest BCUT2D eigenvalue weighted by Crippen LogP contribution is 2.17. The molecule has 0 amide bonds.